The second-order valence-corrected chi connectivity index (χ2v) is 10.5. The molecule has 0 unspecified atom stereocenters. The zero-order valence-corrected chi connectivity index (χ0v) is 18.8. The normalized spacial score (nSPS) is 21.2. The van der Waals surface area contributed by atoms with E-state index in [9.17, 15) is 13.2 Å². The van der Waals surface area contributed by atoms with E-state index in [0.29, 0.717) is 10.7 Å². The van der Waals surface area contributed by atoms with Crippen molar-refractivity contribution in [2.45, 2.75) is 44.9 Å². The number of amidine groups is 2. The van der Waals surface area contributed by atoms with Crippen LogP contribution in [0.5, 0.6) is 5.75 Å². The van der Waals surface area contributed by atoms with Crippen LogP contribution in [0.2, 0.25) is 0 Å². The minimum Gasteiger partial charge on any atom is -0.383 e. The number of aliphatic imine (C=N–C) groups is 1. The molecule has 31 heavy (non-hydrogen) atoms. The molecule has 0 radical (unpaired) electrons. The number of carbonyl (C=O) groups is 1. The van der Waals surface area contributed by atoms with Crippen LogP contribution in [0.25, 0.3) is 6.08 Å². The first-order chi connectivity index (χ1) is 14.8. The predicted octanol–water partition coefficient (Wildman–Crippen LogP) is 4.00. The van der Waals surface area contributed by atoms with Crippen molar-refractivity contribution in [2.75, 3.05) is 6.26 Å². The molecular formula is C21H24N4O4S2. The van der Waals surface area contributed by atoms with Crippen molar-refractivity contribution in [2.24, 2.45) is 16.0 Å². The molecule has 1 aliphatic carbocycles. The summed E-state index contributed by atoms with van der Waals surface area (Å²) in [5.41, 5.74) is 0.763. The molecule has 0 atom stereocenters. The maximum Gasteiger partial charge on any atom is 0.306 e. The van der Waals surface area contributed by atoms with E-state index < -0.39 is 16.0 Å². The van der Waals surface area contributed by atoms with Gasteiger partial charge < -0.3 is 4.18 Å². The number of nitrogens with one attached hydrogen (secondary N) is 1. The Labute approximate surface area is 186 Å². The van der Waals surface area contributed by atoms with Crippen molar-refractivity contribution in [3.63, 3.8) is 0 Å². The van der Waals surface area contributed by atoms with Crippen molar-refractivity contribution in [3.05, 3.63) is 35.4 Å². The van der Waals surface area contributed by atoms with Gasteiger partial charge in [0.05, 0.1) is 11.8 Å². The number of thioether (sulfide) groups is 1. The third-order valence-electron chi connectivity index (χ3n) is 5.43. The van der Waals surface area contributed by atoms with Crippen molar-refractivity contribution in [1.82, 2.24) is 5.01 Å². The quantitative estimate of drug-likeness (QED) is 0.507. The highest BCUT2D eigenvalue weighted by molar-refractivity contribution is 8.26. The molecule has 1 fully saturated rings. The molecule has 4 rings (SSSR count). The summed E-state index contributed by atoms with van der Waals surface area (Å²) in [6.45, 7) is 0. The van der Waals surface area contributed by atoms with Gasteiger partial charge in [0.25, 0.3) is 5.91 Å². The first kappa shape index (κ1) is 21.8. The average Bonchev–Trinajstić information content (AvgIpc) is 3.13. The van der Waals surface area contributed by atoms with Crippen LogP contribution in [0, 0.1) is 11.3 Å². The third kappa shape index (κ3) is 5.43. The largest absolute Gasteiger partial charge is 0.383 e. The Hall–Kier alpha value is -2.46. The summed E-state index contributed by atoms with van der Waals surface area (Å²) >= 11 is 1.37. The first-order valence-corrected chi connectivity index (χ1v) is 12.9. The van der Waals surface area contributed by atoms with Gasteiger partial charge in [-0.3, -0.25) is 10.2 Å². The van der Waals surface area contributed by atoms with Gasteiger partial charge in [-0.25, -0.2) is 0 Å². The second-order valence-electron chi connectivity index (χ2n) is 7.91. The maximum atomic E-state index is 12.5. The van der Waals surface area contributed by atoms with Crippen LogP contribution in [0.1, 0.15) is 50.5 Å². The molecule has 1 aromatic rings. The molecule has 0 spiro atoms. The highest BCUT2D eigenvalue weighted by Gasteiger charge is 2.35. The summed E-state index contributed by atoms with van der Waals surface area (Å²) in [7, 11) is -3.61. The molecule has 0 aromatic heterocycles. The number of rotatable bonds is 6. The smallest absolute Gasteiger partial charge is 0.306 e. The molecule has 0 bridgehead atoms. The van der Waals surface area contributed by atoms with Crippen LogP contribution in [0.15, 0.2) is 39.9 Å². The standard InChI is InChI=1S/C21H24N4O4S2/c1-31(27,28)29-16-10-7-15(8-11-16)13-17-19(22)25-21(23-20(17)26)30-18(24-25)12-9-14-5-3-2-4-6-14/h7-8,10-11,13-14,22H,2-6,9,12H2,1H3/b17-13+,22-19?. The summed E-state index contributed by atoms with van der Waals surface area (Å²) in [5.74, 6) is 0.427. The van der Waals surface area contributed by atoms with Crippen LogP contribution in [-0.2, 0) is 14.9 Å². The van der Waals surface area contributed by atoms with E-state index in [1.807, 2.05) is 0 Å². The number of nitrogens with zero attached hydrogens (tertiary/aromatic N) is 3. The molecule has 2 aliphatic heterocycles. The monoisotopic (exact) mass is 460 g/mol. The molecular weight excluding hydrogens is 436 g/mol. The molecule has 10 heteroatoms. The number of fused-ring (bicyclic) bond motifs is 1. The average molecular weight is 461 g/mol. The molecule has 0 saturated heterocycles. The summed E-state index contributed by atoms with van der Waals surface area (Å²) < 4.78 is 27.2. The number of carbonyl (C=O) groups excluding carboxylic acids is 1. The van der Waals surface area contributed by atoms with Gasteiger partial charge in [-0.05, 0) is 54.3 Å². The third-order valence-corrected chi connectivity index (χ3v) is 6.89. The van der Waals surface area contributed by atoms with Gasteiger partial charge in [0, 0.05) is 0 Å². The number of hydrazone groups is 1. The summed E-state index contributed by atoms with van der Waals surface area (Å²) in [5, 5.41) is 15.7. The van der Waals surface area contributed by atoms with Crippen LogP contribution in [0.4, 0.5) is 0 Å². The highest BCUT2D eigenvalue weighted by Crippen LogP contribution is 2.33. The maximum absolute atomic E-state index is 12.5. The van der Waals surface area contributed by atoms with Crippen LogP contribution >= 0.6 is 11.8 Å². The lowest BCUT2D eigenvalue weighted by molar-refractivity contribution is -0.114. The lowest BCUT2D eigenvalue weighted by Gasteiger charge is -2.20. The Morgan fingerprint density at radius 3 is 2.61 bits per heavy atom. The predicted molar refractivity (Wildman–Crippen MR) is 123 cm³/mol. The van der Waals surface area contributed by atoms with Crippen LogP contribution < -0.4 is 4.18 Å². The SMILES string of the molecule is CS(=O)(=O)Oc1ccc(/C=C2\C(=N)N3N=C(CCC4CCCCC4)SC3=NC2=O)cc1. The fourth-order valence-electron chi connectivity index (χ4n) is 3.90. The number of benzene rings is 1. The molecule has 8 nitrogen and oxygen atoms in total. The molecule has 1 N–H and O–H groups in total. The van der Waals surface area contributed by atoms with Gasteiger partial charge in [-0.2, -0.15) is 23.5 Å². The van der Waals surface area contributed by atoms with E-state index in [1.54, 1.807) is 18.2 Å². The minimum atomic E-state index is -3.61. The first-order valence-electron chi connectivity index (χ1n) is 10.3. The van der Waals surface area contributed by atoms with E-state index in [1.165, 1.54) is 61.0 Å². The number of hydrogen-bond acceptors (Lipinski definition) is 7. The molecule has 1 aromatic carbocycles. The summed E-state index contributed by atoms with van der Waals surface area (Å²) in [6, 6.07) is 6.22. The Bertz CT molecular complexity index is 1080. The Morgan fingerprint density at radius 1 is 1.23 bits per heavy atom. The fraction of sp³-hybridized carbons (Fsp3) is 0.429. The molecule has 2 heterocycles. The lowest BCUT2D eigenvalue weighted by atomic mass is 9.86. The van der Waals surface area contributed by atoms with Gasteiger partial charge in [0.15, 0.2) is 5.84 Å². The summed E-state index contributed by atoms with van der Waals surface area (Å²) in [6.07, 6.45) is 10.9. The minimum absolute atomic E-state index is 0.00775. The van der Waals surface area contributed by atoms with Crippen molar-refractivity contribution < 1.29 is 17.4 Å². The van der Waals surface area contributed by atoms with Crippen molar-refractivity contribution in [3.8, 4) is 5.75 Å². The number of hydrogen-bond donors (Lipinski definition) is 1. The van der Waals surface area contributed by atoms with E-state index in [2.05, 4.69) is 10.1 Å². The zero-order chi connectivity index (χ0) is 22.0. The zero-order valence-electron chi connectivity index (χ0n) is 17.2. The van der Waals surface area contributed by atoms with Gasteiger partial charge in [-0.15, -0.1) is 0 Å². The Balaban J connectivity index is 1.46. The molecule has 3 aliphatic rings. The summed E-state index contributed by atoms with van der Waals surface area (Å²) in [4.78, 5) is 16.6. The Kier molecular flexibility index (Phi) is 6.29. The van der Waals surface area contributed by atoms with Crippen molar-refractivity contribution in [1.29, 1.82) is 5.41 Å². The van der Waals surface area contributed by atoms with Gasteiger partial charge in [0.2, 0.25) is 5.17 Å². The van der Waals surface area contributed by atoms with Gasteiger partial charge in [-0.1, -0.05) is 44.2 Å². The number of amides is 1. The molecule has 1 amide bonds. The van der Waals surface area contributed by atoms with Gasteiger partial charge in [0.1, 0.15) is 10.8 Å². The second kappa shape index (κ2) is 8.96. The van der Waals surface area contributed by atoms with Crippen LogP contribution in [-0.4, -0.2) is 41.6 Å². The molecule has 1 saturated carbocycles. The lowest BCUT2D eigenvalue weighted by Crippen LogP contribution is -2.35. The Morgan fingerprint density at radius 2 is 1.94 bits per heavy atom. The van der Waals surface area contributed by atoms with Crippen molar-refractivity contribution >= 4 is 49.9 Å². The fourth-order valence-corrected chi connectivity index (χ4v) is 5.26. The van der Waals surface area contributed by atoms with E-state index in [4.69, 9.17) is 9.59 Å². The molecule has 164 valence electrons. The van der Waals surface area contributed by atoms with Crippen LogP contribution in [0.3, 0.4) is 0 Å². The van der Waals surface area contributed by atoms with E-state index in [0.717, 1.165) is 30.1 Å². The van der Waals surface area contributed by atoms with E-state index in [-0.39, 0.29) is 17.2 Å². The topological polar surface area (TPSA) is 112 Å². The van der Waals surface area contributed by atoms with Gasteiger partial charge >= 0.3 is 10.1 Å². The van der Waals surface area contributed by atoms with E-state index >= 15 is 0 Å². The highest BCUT2D eigenvalue weighted by atomic mass is 32.2.